The summed E-state index contributed by atoms with van der Waals surface area (Å²) in [5.74, 6) is 2.29. The van der Waals surface area contributed by atoms with Crippen molar-refractivity contribution in [2.24, 2.45) is 17.3 Å². The van der Waals surface area contributed by atoms with Gasteiger partial charge in [-0.2, -0.15) is 4.98 Å². The Morgan fingerprint density at radius 3 is 2.74 bits per heavy atom. The fraction of sp³-hybridized carbons (Fsp3) is 0.722. The highest BCUT2D eigenvalue weighted by atomic mass is 16.5. The van der Waals surface area contributed by atoms with Gasteiger partial charge in [-0.3, -0.25) is 4.79 Å². The summed E-state index contributed by atoms with van der Waals surface area (Å²) in [7, 11) is 0. The minimum Gasteiger partial charge on any atom is -0.342 e. The molecule has 126 valence electrons. The van der Waals surface area contributed by atoms with Crippen molar-refractivity contribution in [2.75, 3.05) is 13.1 Å². The SMILES string of the molecule is CC(C)=C[C@@H]1[C@H](C(=O)N2CCC[C@H](c3nc(C)no3)C2)C1(C)C. The van der Waals surface area contributed by atoms with Gasteiger partial charge in [-0.1, -0.05) is 30.7 Å². The third-order valence-electron chi connectivity index (χ3n) is 5.32. The second kappa shape index (κ2) is 5.77. The molecule has 1 aliphatic heterocycles. The topological polar surface area (TPSA) is 59.2 Å². The average molecular weight is 317 g/mol. The van der Waals surface area contributed by atoms with E-state index in [1.54, 1.807) is 0 Å². The van der Waals surface area contributed by atoms with Crippen molar-refractivity contribution in [3.8, 4) is 0 Å². The first-order chi connectivity index (χ1) is 10.8. The molecule has 0 N–H and O–H groups in total. The number of nitrogens with zero attached hydrogens (tertiary/aromatic N) is 3. The standard InChI is InChI=1S/C18H27N3O2/c1-11(2)9-14-15(18(14,4)5)17(22)21-8-6-7-13(10-21)16-19-12(3)20-23-16/h9,13-15H,6-8,10H2,1-5H3/t13-,14+,15+/m0/s1. The van der Waals surface area contributed by atoms with E-state index in [9.17, 15) is 4.79 Å². The van der Waals surface area contributed by atoms with Gasteiger partial charge < -0.3 is 9.42 Å². The number of carbonyl (C=O) groups is 1. The summed E-state index contributed by atoms with van der Waals surface area (Å²) in [6, 6.07) is 0. The molecule has 0 radical (unpaired) electrons. The molecule has 0 spiro atoms. The number of aryl methyl sites for hydroxylation is 1. The Balaban J connectivity index is 1.69. The van der Waals surface area contributed by atoms with Crippen LogP contribution in [0.4, 0.5) is 0 Å². The molecule has 2 fully saturated rings. The van der Waals surface area contributed by atoms with E-state index in [1.807, 2.05) is 11.8 Å². The fourth-order valence-corrected chi connectivity index (χ4v) is 3.87. The van der Waals surface area contributed by atoms with Crippen LogP contribution in [-0.4, -0.2) is 34.0 Å². The molecule has 5 heteroatoms. The first kappa shape index (κ1) is 16.2. The molecule has 23 heavy (non-hydrogen) atoms. The van der Waals surface area contributed by atoms with E-state index in [2.05, 4.69) is 43.9 Å². The van der Waals surface area contributed by atoms with Crippen LogP contribution in [0.1, 0.15) is 58.2 Å². The predicted molar refractivity (Wildman–Crippen MR) is 87.8 cm³/mol. The quantitative estimate of drug-likeness (QED) is 0.802. The molecule has 3 atom stereocenters. The number of allylic oxidation sites excluding steroid dienone is 2. The Kier molecular flexibility index (Phi) is 4.07. The molecule has 2 aliphatic rings. The smallest absolute Gasteiger partial charge is 0.231 e. The van der Waals surface area contributed by atoms with Gasteiger partial charge in [-0.05, 0) is 44.9 Å². The van der Waals surface area contributed by atoms with Crippen LogP contribution in [0.15, 0.2) is 16.2 Å². The van der Waals surface area contributed by atoms with Gasteiger partial charge in [0.25, 0.3) is 0 Å². The van der Waals surface area contributed by atoms with Crippen LogP contribution < -0.4 is 0 Å². The summed E-state index contributed by atoms with van der Waals surface area (Å²) in [5.41, 5.74) is 1.36. The number of likely N-dealkylation sites (tertiary alicyclic amines) is 1. The number of hydrogen-bond acceptors (Lipinski definition) is 4. The lowest BCUT2D eigenvalue weighted by Crippen LogP contribution is -2.40. The van der Waals surface area contributed by atoms with Gasteiger partial charge in [0, 0.05) is 13.1 Å². The highest BCUT2D eigenvalue weighted by Gasteiger charge is 2.61. The molecule has 1 amide bonds. The van der Waals surface area contributed by atoms with Gasteiger partial charge in [0.05, 0.1) is 11.8 Å². The second-order valence-electron chi connectivity index (χ2n) is 7.87. The zero-order chi connectivity index (χ0) is 16.8. The van der Waals surface area contributed by atoms with Crippen LogP contribution in [0.5, 0.6) is 0 Å². The number of piperidine rings is 1. The molecule has 0 bridgehead atoms. The van der Waals surface area contributed by atoms with E-state index in [1.165, 1.54) is 5.57 Å². The maximum Gasteiger partial charge on any atom is 0.231 e. The first-order valence-electron chi connectivity index (χ1n) is 8.54. The Bertz CT molecular complexity index is 628. The Hall–Kier alpha value is -1.65. The Morgan fingerprint density at radius 1 is 1.39 bits per heavy atom. The van der Waals surface area contributed by atoms with Crippen molar-refractivity contribution in [1.82, 2.24) is 15.0 Å². The summed E-state index contributed by atoms with van der Waals surface area (Å²) in [6.07, 6.45) is 4.26. The van der Waals surface area contributed by atoms with Crippen molar-refractivity contribution in [3.05, 3.63) is 23.4 Å². The number of amides is 1. The third kappa shape index (κ3) is 3.06. The zero-order valence-electron chi connectivity index (χ0n) is 14.8. The molecule has 1 saturated heterocycles. The molecule has 1 aromatic rings. The van der Waals surface area contributed by atoms with Gasteiger partial charge >= 0.3 is 0 Å². The summed E-state index contributed by atoms with van der Waals surface area (Å²) in [5, 5.41) is 3.88. The molecule has 1 saturated carbocycles. The lowest BCUT2D eigenvalue weighted by molar-refractivity contribution is -0.134. The van der Waals surface area contributed by atoms with Crippen molar-refractivity contribution in [3.63, 3.8) is 0 Å². The van der Waals surface area contributed by atoms with Gasteiger partial charge in [-0.15, -0.1) is 0 Å². The molecule has 5 nitrogen and oxygen atoms in total. The van der Waals surface area contributed by atoms with Gasteiger partial charge in [0.2, 0.25) is 11.8 Å². The Morgan fingerprint density at radius 2 is 2.13 bits per heavy atom. The summed E-state index contributed by atoms with van der Waals surface area (Å²) >= 11 is 0. The lowest BCUT2D eigenvalue weighted by atomic mass is 9.97. The molecule has 0 aromatic carbocycles. The minimum absolute atomic E-state index is 0.0718. The van der Waals surface area contributed by atoms with E-state index < -0.39 is 0 Å². The second-order valence-corrected chi connectivity index (χ2v) is 7.87. The maximum atomic E-state index is 13.0. The molecule has 3 rings (SSSR count). The average Bonchev–Trinajstić information content (AvgIpc) is 2.84. The molecular formula is C18H27N3O2. The van der Waals surface area contributed by atoms with E-state index >= 15 is 0 Å². The number of carbonyl (C=O) groups excluding carboxylic acids is 1. The van der Waals surface area contributed by atoms with Gasteiger partial charge in [0.15, 0.2) is 5.82 Å². The van der Waals surface area contributed by atoms with Crippen molar-refractivity contribution in [2.45, 2.75) is 53.4 Å². The van der Waals surface area contributed by atoms with Crippen LogP contribution in [0.25, 0.3) is 0 Å². The van der Waals surface area contributed by atoms with E-state index in [0.29, 0.717) is 30.1 Å². The lowest BCUT2D eigenvalue weighted by Gasteiger charge is -2.31. The van der Waals surface area contributed by atoms with Crippen molar-refractivity contribution >= 4 is 5.91 Å². The largest absolute Gasteiger partial charge is 0.342 e. The van der Waals surface area contributed by atoms with Crippen molar-refractivity contribution in [1.29, 1.82) is 0 Å². The van der Waals surface area contributed by atoms with E-state index in [-0.39, 0.29) is 17.3 Å². The third-order valence-corrected chi connectivity index (χ3v) is 5.32. The van der Waals surface area contributed by atoms with Crippen molar-refractivity contribution < 1.29 is 9.32 Å². The summed E-state index contributed by atoms with van der Waals surface area (Å²) in [6.45, 7) is 12.0. The van der Waals surface area contributed by atoms with E-state index in [0.717, 1.165) is 19.4 Å². The number of rotatable bonds is 3. The number of hydrogen-bond donors (Lipinski definition) is 0. The van der Waals surface area contributed by atoms with Crippen LogP contribution >= 0.6 is 0 Å². The van der Waals surface area contributed by atoms with Crippen LogP contribution in [0.2, 0.25) is 0 Å². The predicted octanol–water partition coefficient (Wildman–Crippen LogP) is 3.32. The van der Waals surface area contributed by atoms with Crippen LogP contribution in [0, 0.1) is 24.2 Å². The molecule has 2 heterocycles. The highest BCUT2D eigenvalue weighted by molar-refractivity contribution is 5.84. The normalized spacial score (nSPS) is 29.3. The molecular weight excluding hydrogens is 290 g/mol. The molecule has 1 aromatic heterocycles. The van der Waals surface area contributed by atoms with Gasteiger partial charge in [0.1, 0.15) is 0 Å². The summed E-state index contributed by atoms with van der Waals surface area (Å²) < 4.78 is 5.31. The van der Waals surface area contributed by atoms with E-state index in [4.69, 9.17) is 4.52 Å². The Labute approximate surface area is 138 Å². The van der Waals surface area contributed by atoms with Crippen LogP contribution in [-0.2, 0) is 4.79 Å². The molecule has 0 unspecified atom stereocenters. The molecule has 1 aliphatic carbocycles. The van der Waals surface area contributed by atoms with Gasteiger partial charge in [-0.25, -0.2) is 0 Å². The maximum absolute atomic E-state index is 13.0. The highest BCUT2D eigenvalue weighted by Crippen LogP contribution is 2.60. The zero-order valence-corrected chi connectivity index (χ0v) is 14.8. The fourth-order valence-electron chi connectivity index (χ4n) is 3.87. The first-order valence-corrected chi connectivity index (χ1v) is 8.54. The minimum atomic E-state index is 0.0718. The summed E-state index contributed by atoms with van der Waals surface area (Å²) in [4.78, 5) is 19.3. The van der Waals surface area contributed by atoms with Crippen LogP contribution in [0.3, 0.4) is 0 Å². The monoisotopic (exact) mass is 317 g/mol. The number of aromatic nitrogens is 2.